The maximum Gasteiger partial charge on any atom is 0.00191 e. The lowest BCUT2D eigenvalue weighted by Gasteiger charge is -2.23. The van der Waals surface area contributed by atoms with Crippen LogP contribution in [0.3, 0.4) is 0 Å². The van der Waals surface area contributed by atoms with E-state index >= 15 is 0 Å². The number of rotatable bonds is 5. The summed E-state index contributed by atoms with van der Waals surface area (Å²) in [5, 5.41) is 0. The van der Waals surface area contributed by atoms with Gasteiger partial charge in [0.25, 0.3) is 0 Å². The second kappa shape index (κ2) is 7.24. The molecule has 0 aromatic carbocycles. The van der Waals surface area contributed by atoms with Crippen molar-refractivity contribution in [3.05, 3.63) is 0 Å². The molecule has 0 amide bonds. The Morgan fingerprint density at radius 3 is 2.80 bits per heavy atom. The Hall–Kier alpha value is -0.0800. The summed E-state index contributed by atoms with van der Waals surface area (Å²) >= 11 is 0. The van der Waals surface area contributed by atoms with Crippen LogP contribution in [-0.4, -0.2) is 31.1 Å². The molecule has 1 aliphatic heterocycles. The zero-order valence-corrected chi connectivity index (χ0v) is 10.5. The molecule has 0 bridgehead atoms. The highest BCUT2D eigenvalue weighted by Crippen LogP contribution is 2.22. The summed E-state index contributed by atoms with van der Waals surface area (Å²) in [7, 11) is 0. The predicted octanol–water partition coefficient (Wildman–Crippen LogP) is 2.48. The minimum Gasteiger partial charge on any atom is -0.330 e. The summed E-state index contributed by atoms with van der Waals surface area (Å²) in [4.78, 5) is 2.62. The molecule has 1 fully saturated rings. The molecule has 90 valence electrons. The van der Waals surface area contributed by atoms with Gasteiger partial charge in [-0.2, -0.15) is 0 Å². The summed E-state index contributed by atoms with van der Waals surface area (Å²) in [5.74, 6) is 1.65. The van der Waals surface area contributed by atoms with E-state index in [1.807, 2.05) is 0 Å². The van der Waals surface area contributed by atoms with E-state index in [1.165, 1.54) is 51.7 Å². The van der Waals surface area contributed by atoms with Crippen LogP contribution < -0.4 is 5.73 Å². The van der Waals surface area contributed by atoms with Gasteiger partial charge in [0.2, 0.25) is 0 Å². The van der Waals surface area contributed by atoms with Gasteiger partial charge in [-0.15, -0.1) is 0 Å². The van der Waals surface area contributed by atoms with Crippen molar-refractivity contribution in [1.82, 2.24) is 4.90 Å². The molecule has 0 aromatic rings. The van der Waals surface area contributed by atoms with Crippen molar-refractivity contribution in [2.45, 2.75) is 46.0 Å². The maximum atomic E-state index is 5.68. The van der Waals surface area contributed by atoms with Crippen LogP contribution in [0, 0.1) is 11.8 Å². The van der Waals surface area contributed by atoms with Crippen LogP contribution in [0.15, 0.2) is 0 Å². The van der Waals surface area contributed by atoms with Crippen molar-refractivity contribution in [3.8, 4) is 0 Å². The number of likely N-dealkylation sites (tertiary alicyclic amines) is 1. The molecule has 0 saturated carbocycles. The van der Waals surface area contributed by atoms with Crippen LogP contribution >= 0.6 is 0 Å². The molecule has 2 N–H and O–H groups in total. The summed E-state index contributed by atoms with van der Waals surface area (Å²) in [6, 6.07) is 0. The van der Waals surface area contributed by atoms with E-state index in [-0.39, 0.29) is 0 Å². The molecule has 2 nitrogen and oxygen atoms in total. The summed E-state index contributed by atoms with van der Waals surface area (Å²) in [5.41, 5.74) is 5.68. The van der Waals surface area contributed by atoms with Gasteiger partial charge in [0, 0.05) is 6.54 Å². The van der Waals surface area contributed by atoms with Crippen molar-refractivity contribution < 1.29 is 0 Å². The fourth-order valence-corrected chi connectivity index (χ4v) is 2.62. The van der Waals surface area contributed by atoms with Gasteiger partial charge in [-0.3, -0.25) is 0 Å². The molecular formula is C13H28N2. The van der Waals surface area contributed by atoms with E-state index in [0.717, 1.165) is 12.5 Å². The lowest BCUT2D eigenvalue weighted by Crippen LogP contribution is -2.32. The zero-order valence-electron chi connectivity index (χ0n) is 10.5. The Morgan fingerprint density at radius 1 is 1.33 bits per heavy atom. The first-order chi connectivity index (χ1) is 7.26. The molecular weight excluding hydrogens is 184 g/mol. The van der Waals surface area contributed by atoms with E-state index in [9.17, 15) is 0 Å². The zero-order chi connectivity index (χ0) is 11.1. The molecule has 1 aliphatic rings. The third kappa shape index (κ3) is 4.98. The second-order valence-corrected chi connectivity index (χ2v) is 5.23. The monoisotopic (exact) mass is 212 g/mol. The van der Waals surface area contributed by atoms with E-state index in [1.54, 1.807) is 0 Å². The highest BCUT2D eigenvalue weighted by Gasteiger charge is 2.17. The highest BCUT2D eigenvalue weighted by molar-refractivity contribution is 4.71. The number of hydrogen-bond acceptors (Lipinski definition) is 2. The lowest BCUT2D eigenvalue weighted by atomic mass is 9.96. The number of nitrogens with two attached hydrogens (primary N) is 1. The molecule has 1 heterocycles. The van der Waals surface area contributed by atoms with Gasteiger partial charge < -0.3 is 10.6 Å². The fraction of sp³-hybridized carbons (Fsp3) is 1.00. The standard InChI is InChI=1S/C13H28N2/c1-3-5-13-6-4-8-15(9-7-13)11-12(2)10-14/h12-13H,3-11,14H2,1-2H3. The van der Waals surface area contributed by atoms with Gasteiger partial charge in [0.05, 0.1) is 0 Å². The molecule has 0 aliphatic carbocycles. The van der Waals surface area contributed by atoms with Crippen LogP contribution in [0.2, 0.25) is 0 Å². The van der Waals surface area contributed by atoms with Crippen LogP contribution in [-0.2, 0) is 0 Å². The summed E-state index contributed by atoms with van der Waals surface area (Å²) < 4.78 is 0. The Bertz CT molecular complexity index is 159. The van der Waals surface area contributed by atoms with Gasteiger partial charge in [0.1, 0.15) is 0 Å². The minimum absolute atomic E-state index is 0.660. The molecule has 0 aromatic heterocycles. The molecule has 0 spiro atoms. The largest absolute Gasteiger partial charge is 0.330 e. The number of nitrogens with zero attached hydrogens (tertiary/aromatic N) is 1. The van der Waals surface area contributed by atoms with Crippen molar-refractivity contribution in [1.29, 1.82) is 0 Å². The van der Waals surface area contributed by atoms with Crippen molar-refractivity contribution in [2.24, 2.45) is 17.6 Å². The van der Waals surface area contributed by atoms with Gasteiger partial charge in [0.15, 0.2) is 0 Å². The maximum absolute atomic E-state index is 5.68. The SMILES string of the molecule is CCCC1CCCN(CC(C)CN)CC1. The first-order valence-electron chi connectivity index (χ1n) is 6.68. The second-order valence-electron chi connectivity index (χ2n) is 5.23. The number of hydrogen-bond donors (Lipinski definition) is 1. The molecule has 2 unspecified atom stereocenters. The smallest absolute Gasteiger partial charge is 0.00191 e. The lowest BCUT2D eigenvalue weighted by molar-refractivity contribution is 0.244. The van der Waals surface area contributed by atoms with Crippen molar-refractivity contribution in [3.63, 3.8) is 0 Å². The third-order valence-corrected chi connectivity index (χ3v) is 3.61. The van der Waals surface area contributed by atoms with Crippen LogP contribution in [0.1, 0.15) is 46.0 Å². The molecule has 15 heavy (non-hydrogen) atoms. The fourth-order valence-electron chi connectivity index (χ4n) is 2.62. The molecule has 2 heteroatoms. The van der Waals surface area contributed by atoms with E-state index < -0.39 is 0 Å². The van der Waals surface area contributed by atoms with E-state index in [4.69, 9.17) is 5.73 Å². The first-order valence-corrected chi connectivity index (χ1v) is 6.68. The van der Waals surface area contributed by atoms with Gasteiger partial charge in [-0.05, 0) is 50.7 Å². The highest BCUT2D eigenvalue weighted by atomic mass is 15.1. The van der Waals surface area contributed by atoms with Crippen LogP contribution in [0.25, 0.3) is 0 Å². The van der Waals surface area contributed by atoms with Crippen molar-refractivity contribution in [2.75, 3.05) is 26.2 Å². The van der Waals surface area contributed by atoms with Gasteiger partial charge in [-0.25, -0.2) is 0 Å². The molecule has 2 atom stereocenters. The average molecular weight is 212 g/mol. The van der Waals surface area contributed by atoms with E-state index in [0.29, 0.717) is 5.92 Å². The molecule has 1 saturated heterocycles. The average Bonchev–Trinajstić information content (AvgIpc) is 2.45. The summed E-state index contributed by atoms with van der Waals surface area (Å²) in [6.45, 7) is 9.19. The minimum atomic E-state index is 0.660. The van der Waals surface area contributed by atoms with Crippen LogP contribution in [0.5, 0.6) is 0 Å². The first kappa shape index (κ1) is 13.0. The summed E-state index contributed by atoms with van der Waals surface area (Å²) in [6.07, 6.45) is 7.03. The van der Waals surface area contributed by atoms with E-state index in [2.05, 4.69) is 18.7 Å². The van der Waals surface area contributed by atoms with Crippen molar-refractivity contribution >= 4 is 0 Å². The van der Waals surface area contributed by atoms with Crippen LogP contribution in [0.4, 0.5) is 0 Å². The quantitative estimate of drug-likeness (QED) is 0.758. The normalized spacial score (nSPS) is 26.2. The predicted molar refractivity (Wildman–Crippen MR) is 66.9 cm³/mol. The molecule has 0 radical (unpaired) electrons. The molecule has 1 rings (SSSR count). The Balaban J connectivity index is 2.26. The Kier molecular flexibility index (Phi) is 6.26. The van der Waals surface area contributed by atoms with Gasteiger partial charge >= 0.3 is 0 Å². The Morgan fingerprint density at radius 2 is 2.13 bits per heavy atom. The topological polar surface area (TPSA) is 29.3 Å². The Labute approximate surface area is 95.2 Å². The van der Waals surface area contributed by atoms with Gasteiger partial charge in [-0.1, -0.05) is 26.7 Å². The third-order valence-electron chi connectivity index (χ3n) is 3.61.